The van der Waals surface area contributed by atoms with E-state index < -0.39 is 24.5 Å². The average Bonchev–Trinajstić information content (AvgIpc) is 2.97. The van der Waals surface area contributed by atoms with E-state index in [1.807, 2.05) is 0 Å². The highest BCUT2D eigenvalue weighted by Gasteiger charge is 2.51. The van der Waals surface area contributed by atoms with Crippen LogP contribution in [0.15, 0.2) is 24.3 Å². The molecule has 3 unspecified atom stereocenters. The zero-order chi connectivity index (χ0) is 21.1. The molecular formula is C21H25FN2O5. The molecule has 1 aliphatic heterocycles. The maximum Gasteiger partial charge on any atom is 0.329 e. The third kappa shape index (κ3) is 4.46. The van der Waals surface area contributed by atoms with Crippen LogP contribution in [0.5, 0.6) is 0 Å². The Balaban J connectivity index is 1.53. The Morgan fingerprint density at radius 1 is 1.14 bits per heavy atom. The number of fused-ring (bicyclic) bond motifs is 1. The number of ether oxygens (including phenoxy) is 1. The van der Waals surface area contributed by atoms with E-state index >= 15 is 0 Å². The van der Waals surface area contributed by atoms with E-state index in [1.165, 1.54) is 24.0 Å². The molecular weight excluding hydrogens is 379 g/mol. The molecule has 0 bridgehead atoms. The summed E-state index contributed by atoms with van der Waals surface area (Å²) in [6, 6.07) is 4.68. The summed E-state index contributed by atoms with van der Waals surface area (Å²) in [5, 5.41) is 0. The summed E-state index contributed by atoms with van der Waals surface area (Å²) in [5.41, 5.74) is 0.734. The minimum Gasteiger partial charge on any atom is -0.454 e. The van der Waals surface area contributed by atoms with Crippen molar-refractivity contribution in [2.24, 2.45) is 11.8 Å². The second-order valence-electron chi connectivity index (χ2n) is 7.70. The summed E-state index contributed by atoms with van der Waals surface area (Å²) in [7, 11) is 1.54. The van der Waals surface area contributed by atoms with Crippen molar-refractivity contribution in [3.8, 4) is 0 Å². The Hall–Kier alpha value is -2.77. The van der Waals surface area contributed by atoms with E-state index in [-0.39, 0.29) is 36.0 Å². The molecule has 7 nitrogen and oxygen atoms in total. The van der Waals surface area contributed by atoms with Crippen LogP contribution in [-0.4, -0.2) is 53.2 Å². The number of benzene rings is 1. The van der Waals surface area contributed by atoms with Crippen molar-refractivity contribution in [1.29, 1.82) is 0 Å². The zero-order valence-corrected chi connectivity index (χ0v) is 16.6. The average molecular weight is 404 g/mol. The summed E-state index contributed by atoms with van der Waals surface area (Å²) in [5.74, 6) is -2.90. The van der Waals surface area contributed by atoms with Crippen molar-refractivity contribution >= 4 is 23.7 Å². The van der Waals surface area contributed by atoms with Crippen LogP contribution in [0.25, 0.3) is 0 Å². The van der Waals surface area contributed by atoms with E-state index in [9.17, 15) is 23.6 Å². The topological polar surface area (TPSA) is 84.0 Å². The van der Waals surface area contributed by atoms with Gasteiger partial charge in [-0.25, -0.2) is 9.18 Å². The number of esters is 1. The molecule has 1 aliphatic carbocycles. The van der Waals surface area contributed by atoms with E-state index in [2.05, 4.69) is 0 Å². The highest BCUT2D eigenvalue weighted by molar-refractivity contribution is 6.07. The van der Waals surface area contributed by atoms with Gasteiger partial charge in [-0.05, 0) is 37.5 Å². The van der Waals surface area contributed by atoms with Crippen molar-refractivity contribution in [3.05, 3.63) is 35.6 Å². The van der Waals surface area contributed by atoms with Gasteiger partial charge in [0.05, 0.1) is 11.8 Å². The molecule has 0 aromatic heterocycles. The van der Waals surface area contributed by atoms with Crippen molar-refractivity contribution in [2.45, 2.75) is 45.2 Å². The molecule has 3 amide bonds. The Morgan fingerprint density at radius 2 is 1.69 bits per heavy atom. The predicted molar refractivity (Wildman–Crippen MR) is 101 cm³/mol. The lowest BCUT2D eigenvalue weighted by molar-refractivity contribution is -0.161. The number of likely N-dealkylation sites (N-methyl/N-ethyl adjacent to an activating group) is 1. The molecule has 3 atom stereocenters. The van der Waals surface area contributed by atoms with Gasteiger partial charge in [0.25, 0.3) is 5.91 Å². The van der Waals surface area contributed by atoms with Gasteiger partial charge < -0.3 is 9.64 Å². The monoisotopic (exact) mass is 404 g/mol. The lowest BCUT2D eigenvalue weighted by Crippen LogP contribution is -2.45. The number of hydrogen-bond donors (Lipinski definition) is 0. The van der Waals surface area contributed by atoms with Gasteiger partial charge in [-0.15, -0.1) is 0 Å². The van der Waals surface area contributed by atoms with Crippen LogP contribution < -0.4 is 0 Å². The summed E-state index contributed by atoms with van der Waals surface area (Å²) in [6.07, 6.45) is 3.14. The van der Waals surface area contributed by atoms with Crippen LogP contribution >= 0.6 is 0 Å². The standard InChI is InChI=1S/C21H25FN2O5/c1-13(24-19(26)16-5-3-4-6-17(16)20(24)27)21(28)29-12-18(25)23(2)11-14-7-9-15(22)10-8-14/h7-10,13,16-17H,3-6,11-12H2,1-2H3. The maximum atomic E-state index is 13.0. The van der Waals surface area contributed by atoms with Crippen LogP contribution in [0, 0.1) is 17.7 Å². The second kappa shape index (κ2) is 8.71. The lowest BCUT2D eigenvalue weighted by Gasteiger charge is -2.22. The smallest absolute Gasteiger partial charge is 0.329 e. The number of amides is 3. The van der Waals surface area contributed by atoms with Crippen molar-refractivity contribution < 1.29 is 28.3 Å². The molecule has 3 rings (SSSR count). The molecule has 29 heavy (non-hydrogen) atoms. The van der Waals surface area contributed by atoms with Gasteiger partial charge in [-0.2, -0.15) is 0 Å². The van der Waals surface area contributed by atoms with E-state index in [0.29, 0.717) is 12.8 Å². The van der Waals surface area contributed by atoms with Gasteiger partial charge in [0, 0.05) is 13.6 Å². The normalized spacial score (nSPS) is 22.2. The van der Waals surface area contributed by atoms with Gasteiger partial charge in [-0.1, -0.05) is 25.0 Å². The quantitative estimate of drug-likeness (QED) is 0.534. The Labute approximate surface area is 168 Å². The molecule has 2 aliphatic rings. The largest absolute Gasteiger partial charge is 0.454 e. The van der Waals surface area contributed by atoms with Crippen molar-refractivity contribution in [2.75, 3.05) is 13.7 Å². The molecule has 156 valence electrons. The molecule has 0 spiro atoms. The summed E-state index contributed by atoms with van der Waals surface area (Å²) in [6.45, 7) is 1.19. The van der Waals surface area contributed by atoms with Crippen LogP contribution in [0.2, 0.25) is 0 Å². The van der Waals surface area contributed by atoms with Gasteiger partial charge in [0.15, 0.2) is 6.61 Å². The lowest BCUT2D eigenvalue weighted by atomic mass is 9.81. The molecule has 8 heteroatoms. The number of carbonyl (C=O) groups excluding carboxylic acids is 4. The fraction of sp³-hybridized carbons (Fsp3) is 0.524. The fourth-order valence-electron chi connectivity index (χ4n) is 3.99. The molecule has 2 fully saturated rings. The number of likely N-dealkylation sites (tertiary alicyclic amines) is 1. The first-order valence-electron chi connectivity index (χ1n) is 9.81. The number of hydrogen-bond acceptors (Lipinski definition) is 5. The third-order valence-electron chi connectivity index (χ3n) is 5.70. The number of halogens is 1. The maximum absolute atomic E-state index is 13.0. The Bertz CT molecular complexity index is 786. The van der Waals surface area contributed by atoms with Crippen LogP contribution in [0.4, 0.5) is 4.39 Å². The molecule has 1 aromatic rings. The molecule has 0 N–H and O–H groups in total. The minimum atomic E-state index is -1.06. The Kier molecular flexibility index (Phi) is 6.30. The third-order valence-corrected chi connectivity index (χ3v) is 5.70. The molecule has 1 saturated heterocycles. The molecule has 1 saturated carbocycles. The van der Waals surface area contributed by atoms with Crippen LogP contribution in [-0.2, 0) is 30.5 Å². The van der Waals surface area contributed by atoms with Crippen molar-refractivity contribution in [3.63, 3.8) is 0 Å². The number of rotatable bonds is 6. The van der Waals surface area contributed by atoms with Gasteiger partial charge in [-0.3, -0.25) is 19.3 Å². The second-order valence-corrected chi connectivity index (χ2v) is 7.70. The highest BCUT2D eigenvalue weighted by atomic mass is 19.1. The van der Waals surface area contributed by atoms with Gasteiger partial charge in [0.2, 0.25) is 11.8 Å². The van der Waals surface area contributed by atoms with Gasteiger partial charge in [0.1, 0.15) is 11.9 Å². The minimum absolute atomic E-state index is 0.235. The zero-order valence-electron chi connectivity index (χ0n) is 16.6. The molecule has 1 heterocycles. The predicted octanol–water partition coefficient (Wildman–Crippen LogP) is 1.89. The summed E-state index contributed by atoms with van der Waals surface area (Å²) in [4.78, 5) is 52.1. The number of nitrogens with zero attached hydrogens (tertiary/aromatic N) is 2. The molecule has 0 radical (unpaired) electrons. The summed E-state index contributed by atoms with van der Waals surface area (Å²) < 4.78 is 18.0. The SMILES string of the molecule is CC(C(=O)OCC(=O)N(C)Cc1ccc(F)cc1)N1C(=O)C2CCCCC2C1=O. The van der Waals surface area contributed by atoms with E-state index in [1.54, 1.807) is 19.2 Å². The first-order valence-corrected chi connectivity index (χ1v) is 9.81. The van der Waals surface area contributed by atoms with Crippen molar-refractivity contribution in [1.82, 2.24) is 9.80 Å². The Morgan fingerprint density at radius 3 is 2.24 bits per heavy atom. The van der Waals surface area contributed by atoms with Crippen LogP contribution in [0.1, 0.15) is 38.2 Å². The first-order chi connectivity index (χ1) is 13.8. The first kappa shape index (κ1) is 21.0. The fourth-order valence-corrected chi connectivity index (χ4v) is 3.99. The van der Waals surface area contributed by atoms with Crippen LogP contribution in [0.3, 0.4) is 0 Å². The number of imide groups is 1. The number of carbonyl (C=O) groups is 4. The van der Waals surface area contributed by atoms with Gasteiger partial charge >= 0.3 is 5.97 Å². The van der Waals surface area contributed by atoms with E-state index in [4.69, 9.17) is 4.74 Å². The van der Waals surface area contributed by atoms with E-state index in [0.717, 1.165) is 23.3 Å². The summed E-state index contributed by atoms with van der Waals surface area (Å²) >= 11 is 0. The highest BCUT2D eigenvalue weighted by Crippen LogP contribution is 2.38. The molecule has 1 aromatic carbocycles.